The third kappa shape index (κ3) is 1.65. The molecule has 16 heavy (non-hydrogen) atoms. The minimum atomic E-state index is -0.673. The van der Waals surface area contributed by atoms with Crippen LogP contribution < -0.4 is 10.5 Å². The first-order valence-corrected chi connectivity index (χ1v) is 4.41. The molecule has 2 aromatic rings. The summed E-state index contributed by atoms with van der Waals surface area (Å²) in [7, 11) is 1.38. The second-order valence-electron chi connectivity index (χ2n) is 3.12. The summed E-state index contributed by atoms with van der Waals surface area (Å²) in [6.07, 6.45) is 0. The maximum Gasteiger partial charge on any atom is 0.175 e. The zero-order chi connectivity index (χ0) is 11.7. The van der Waals surface area contributed by atoms with E-state index in [2.05, 4.69) is 5.16 Å². The Hall–Kier alpha value is -2.24. The van der Waals surface area contributed by atoms with Gasteiger partial charge in [0.25, 0.3) is 0 Å². The predicted octanol–water partition coefficient (Wildman–Crippen LogP) is 1.78. The number of methoxy groups -OCH3 is 1. The van der Waals surface area contributed by atoms with E-state index in [1.54, 1.807) is 0 Å². The molecule has 0 saturated heterocycles. The standard InChI is InChI=1S/C10H9FN2O3/c1-15-5-2-6(11)10(7(14)3-5)8-4-9(12)13-16-8/h2-4,14H,1H3,(H2,12,13). The maximum absolute atomic E-state index is 13.6. The highest BCUT2D eigenvalue weighted by molar-refractivity contribution is 5.69. The highest BCUT2D eigenvalue weighted by Crippen LogP contribution is 2.35. The van der Waals surface area contributed by atoms with Gasteiger partial charge in [-0.1, -0.05) is 5.16 Å². The molecule has 1 aromatic heterocycles. The number of phenols is 1. The normalized spacial score (nSPS) is 10.4. The van der Waals surface area contributed by atoms with Crippen molar-refractivity contribution < 1.29 is 18.8 Å². The van der Waals surface area contributed by atoms with Crippen LogP contribution in [0.4, 0.5) is 10.2 Å². The molecule has 0 fully saturated rings. The topological polar surface area (TPSA) is 81.5 Å². The Labute approximate surface area is 90.2 Å². The van der Waals surface area contributed by atoms with Crippen LogP contribution in [0.1, 0.15) is 0 Å². The number of anilines is 1. The van der Waals surface area contributed by atoms with E-state index in [1.165, 1.54) is 19.2 Å². The molecule has 0 atom stereocenters. The van der Waals surface area contributed by atoms with Gasteiger partial charge in [-0.2, -0.15) is 0 Å². The molecule has 0 bridgehead atoms. The Bertz CT molecular complexity index is 502. The number of halogens is 1. The lowest BCUT2D eigenvalue weighted by atomic mass is 10.1. The Morgan fingerprint density at radius 2 is 2.19 bits per heavy atom. The Balaban J connectivity index is 2.57. The third-order valence-corrected chi connectivity index (χ3v) is 2.05. The van der Waals surface area contributed by atoms with E-state index in [1.807, 2.05) is 0 Å². The molecule has 84 valence electrons. The van der Waals surface area contributed by atoms with E-state index in [0.717, 1.165) is 6.07 Å². The average molecular weight is 224 g/mol. The molecule has 0 saturated carbocycles. The van der Waals surface area contributed by atoms with Crippen molar-refractivity contribution in [2.24, 2.45) is 0 Å². The van der Waals surface area contributed by atoms with Crippen LogP contribution in [-0.4, -0.2) is 17.4 Å². The molecular formula is C10H9FN2O3. The molecule has 1 aromatic carbocycles. The molecule has 1 heterocycles. The molecule has 0 aliphatic carbocycles. The lowest BCUT2D eigenvalue weighted by molar-refractivity contribution is 0.399. The first-order valence-electron chi connectivity index (χ1n) is 4.41. The SMILES string of the molecule is COc1cc(O)c(-c2cc(N)no2)c(F)c1. The van der Waals surface area contributed by atoms with Crippen molar-refractivity contribution in [2.45, 2.75) is 0 Å². The van der Waals surface area contributed by atoms with Crippen molar-refractivity contribution in [3.8, 4) is 22.8 Å². The van der Waals surface area contributed by atoms with Gasteiger partial charge >= 0.3 is 0 Å². The number of aromatic hydroxyl groups is 1. The van der Waals surface area contributed by atoms with Crippen molar-refractivity contribution >= 4 is 5.82 Å². The monoisotopic (exact) mass is 224 g/mol. The fourth-order valence-corrected chi connectivity index (χ4v) is 1.34. The fraction of sp³-hybridized carbons (Fsp3) is 0.100. The highest BCUT2D eigenvalue weighted by atomic mass is 19.1. The van der Waals surface area contributed by atoms with Gasteiger partial charge in [-0.05, 0) is 0 Å². The first kappa shape index (κ1) is 10.3. The second-order valence-corrected chi connectivity index (χ2v) is 3.12. The minimum absolute atomic E-state index is 0.0650. The van der Waals surface area contributed by atoms with Crippen molar-refractivity contribution in [2.75, 3.05) is 12.8 Å². The van der Waals surface area contributed by atoms with Crippen molar-refractivity contribution in [1.82, 2.24) is 5.16 Å². The molecule has 0 aliphatic heterocycles. The summed E-state index contributed by atoms with van der Waals surface area (Å²) < 4.78 is 23.2. The number of benzene rings is 1. The molecule has 5 nitrogen and oxygen atoms in total. The van der Waals surface area contributed by atoms with Crippen molar-refractivity contribution in [3.63, 3.8) is 0 Å². The van der Waals surface area contributed by atoms with Crippen LogP contribution in [-0.2, 0) is 0 Å². The van der Waals surface area contributed by atoms with Crippen LogP contribution in [0.5, 0.6) is 11.5 Å². The molecule has 0 unspecified atom stereocenters. The van der Waals surface area contributed by atoms with Gasteiger partial charge in [0.05, 0.1) is 12.7 Å². The fourth-order valence-electron chi connectivity index (χ4n) is 1.34. The lowest BCUT2D eigenvalue weighted by Gasteiger charge is -2.05. The number of hydrogen-bond donors (Lipinski definition) is 2. The average Bonchev–Trinajstić information content (AvgIpc) is 2.63. The Morgan fingerprint density at radius 3 is 2.69 bits per heavy atom. The minimum Gasteiger partial charge on any atom is -0.507 e. The highest BCUT2D eigenvalue weighted by Gasteiger charge is 2.17. The first-order chi connectivity index (χ1) is 7.61. The zero-order valence-corrected chi connectivity index (χ0v) is 8.40. The number of phenolic OH excluding ortho intramolecular Hbond substituents is 1. The molecule has 2 rings (SSSR count). The molecular weight excluding hydrogens is 215 g/mol. The van der Waals surface area contributed by atoms with Gasteiger partial charge in [-0.15, -0.1) is 0 Å². The molecule has 0 amide bonds. The third-order valence-electron chi connectivity index (χ3n) is 2.05. The van der Waals surface area contributed by atoms with Crippen LogP contribution >= 0.6 is 0 Å². The van der Waals surface area contributed by atoms with Gasteiger partial charge < -0.3 is 20.1 Å². The Morgan fingerprint density at radius 1 is 1.44 bits per heavy atom. The number of ether oxygens (including phenoxy) is 1. The Kier molecular flexibility index (Phi) is 2.40. The summed E-state index contributed by atoms with van der Waals surface area (Å²) in [6, 6.07) is 3.73. The van der Waals surface area contributed by atoms with Gasteiger partial charge in [-0.25, -0.2) is 4.39 Å². The number of nitrogens with two attached hydrogens (primary N) is 1. The second kappa shape index (κ2) is 3.73. The van der Waals surface area contributed by atoms with Crippen LogP contribution in [0.15, 0.2) is 22.7 Å². The quantitative estimate of drug-likeness (QED) is 0.812. The molecule has 6 heteroatoms. The number of aromatic nitrogens is 1. The summed E-state index contributed by atoms with van der Waals surface area (Å²) in [5, 5.41) is 13.0. The van der Waals surface area contributed by atoms with Gasteiger partial charge in [0.15, 0.2) is 11.6 Å². The van der Waals surface area contributed by atoms with E-state index >= 15 is 0 Å². The molecule has 0 spiro atoms. The van der Waals surface area contributed by atoms with Crippen molar-refractivity contribution in [1.29, 1.82) is 0 Å². The lowest BCUT2D eigenvalue weighted by Crippen LogP contribution is -1.88. The van der Waals surface area contributed by atoms with Crippen LogP contribution in [0.3, 0.4) is 0 Å². The van der Waals surface area contributed by atoms with E-state index in [0.29, 0.717) is 0 Å². The number of rotatable bonds is 2. The molecule has 0 aliphatic rings. The van der Waals surface area contributed by atoms with Gasteiger partial charge in [-0.3, -0.25) is 0 Å². The van der Waals surface area contributed by atoms with E-state index in [4.69, 9.17) is 15.0 Å². The summed E-state index contributed by atoms with van der Waals surface area (Å²) in [6.45, 7) is 0. The van der Waals surface area contributed by atoms with Gasteiger partial charge in [0.1, 0.15) is 17.3 Å². The van der Waals surface area contributed by atoms with E-state index in [-0.39, 0.29) is 28.6 Å². The van der Waals surface area contributed by atoms with Gasteiger partial charge in [0.2, 0.25) is 0 Å². The van der Waals surface area contributed by atoms with E-state index in [9.17, 15) is 9.50 Å². The van der Waals surface area contributed by atoms with Crippen molar-refractivity contribution in [3.05, 3.63) is 24.0 Å². The number of nitrogens with zero attached hydrogens (tertiary/aromatic N) is 1. The van der Waals surface area contributed by atoms with Gasteiger partial charge in [0, 0.05) is 18.2 Å². The summed E-state index contributed by atoms with van der Waals surface area (Å²) in [5.41, 5.74) is 5.25. The molecule has 3 N–H and O–H groups in total. The van der Waals surface area contributed by atoms with E-state index < -0.39 is 5.82 Å². The zero-order valence-electron chi connectivity index (χ0n) is 8.40. The van der Waals surface area contributed by atoms with Crippen LogP contribution in [0.2, 0.25) is 0 Å². The number of hydrogen-bond acceptors (Lipinski definition) is 5. The maximum atomic E-state index is 13.6. The summed E-state index contributed by atoms with van der Waals surface area (Å²) in [4.78, 5) is 0. The molecule has 0 radical (unpaired) electrons. The predicted molar refractivity (Wildman–Crippen MR) is 54.5 cm³/mol. The summed E-state index contributed by atoms with van der Waals surface area (Å²) in [5.74, 6) is -0.577. The summed E-state index contributed by atoms with van der Waals surface area (Å²) >= 11 is 0. The number of nitrogen functional groups attached to an aromatic ring is 1. The van der Waals surface area contributed by atoms with Crippen LogP contribution in [0.25, 0.3) is 11.3 Å². The van der Waals surface area contributed by atoms with Crippen LogP contribution in [0, 0.1) is 5.82 Å². The largest absolute Gasteiger partial charge is 0.507 e. The smallest absolute Gasteiger partial charge is 0.175 e.